The van der Waals surface area contributed by atoms with Crippen molar-refractivity contribution < 1.29 is 8.42 Å². The largest absolute Gasteiger partial charge is 0.283 e. The van der Waals surface area contributed by atoms with Gasteiger partial charge in [0.1, 0.15) is 0 Å². The minimum absolute atomic E-state index is 0.0330. The van der Waals surface area contributed by atoms with Crippen molar-refractivity contribution in [3.63, 3.8) is 0 Å². The predicted molar refractivity (Wildman–Crippen MR) is 83.6 cm³/mol. The van der Waals surface area contributed by atoms with E-state index < -0.39 is 9.84 Å². The number of rotatable bonds is 4. The topological polar surface area (TPSA) is 62.8 Å². The average molecular weight is 396 g/mol. The standard InChI is InChI=1S/C12H9BrCl2N2O2S/c13-10-7-16-17-12(10)20(18,19)6-5-11(15)8-1-3-9(14)4-2-8/h1-5,7H,6H2,(H,16,17). The Bertz CT molecular complexity index is 739. The van der Waals surface area contributed by atoms with E-state index in [2.05, 4.69) is 26.1 Å². The lowest BCUT2D eigenvalue weighted by molar-refractivity contribution is 0.594. The molecule has 0 saturated heterocycles. The Morgan fingerprint density at radius 3 is 2.55 bits per heavy atom. The summed E-state index contributed by atoms with van der Waals surface area (Å²) in [5, 5.41) is 7.09. The smallest absolute Gasteiger partial charge is 0.202 e. The fourth-order valence-electron chi connectivity index (χ4n) is 1.47. The molecule has 4 nitrogen and oxygen atoms in total. The molecule has 1 aromatic carbocycles. The molecule has 0 aliphatic heterocycles. The van der Waals surface area contributed by atoms with E-state index >= 15 is 0 Å². The van der Waals surface area contributed by atoms with Crippen molar-refractivity contribution in [2.75, 3.05) is 5.75 Å². The molecule has 2 rings (SSSR count). The molecule has 20 heavy (non-hydrogen) atoms. The molecule has 0 aliphatic carbocycles. The molecule has 106 valence electrons. The number of nitrogens with one attached hydrogen (secondary N) is 1. The van der Waals surface area contributed by atoms with Gasteiger partial charge in [-0.05, 0) is 39.7 Å². The van der Waals surface area contributed by atoms with Crippen molar-refractivity contribution in [2.24, 2.45) is 0 Å². The maximum Gasteiger partial charge on any atom is 0.202 e. The van der Waals surface area contributed by atoms with Gasteiger partial charge >= 0.3 is 0 Å². The lowest BCUT2D eigenvalue weighted by Gasteiger charge is -2.01. The second-order valence-corrected chi connectivity index (χ2v) is 7.53. The third-order valence-corrected chi connectivity index (χ3v) is 5.46. The van der Waals surface area contributed by atoms with Crippen LogP contribution in [-0.2, 0) is 9.84 Å². The van der Waals surface area contributed by atoms with Crippen LogP contribution >= 0.6 is 39.1 Å². The second kappa shape index (κ2) is 6.30. The summed E-state index contributed by atoms with van der Waals surface area (Å²) in [5.74, 6) is -0.238. The van der Waals surface area contributed by atoms with Crippen LogP contribution in [-0.4, -0.2) is 24.4 Å². The molecule has 1 heterocycles. The number of aromatic nitrogens is 2. The molecular weight excluding hydrogens is 387 g/mol. The SMILES string of the molecule is O=S(=O)(CC=C(Cl)c1ccc(Cl)cc1)c1n[nH]cc1Br. The van der Waals surface area contributed by atoms with E-state index in [0.717, 1.165) is 0 Å². The van der Waals surface area contributed by atoms with Crippen molar-refractivity contribution in [3.8, 4) is 0 Å². The lowest BCUT2D eigenvalue weighted by atomic mass is 10.2. The average Bonchev–Trinajstić information content (AvgIpc) is 2.84. The van der Waals surface area contributed by atoms with Crippen LogP contribution < -0.4 is 0 Å². The van der Waals surface area contributed by atoms with Gasteiger partial charge in [-0.2, -0.15) is 5.10 Å². The van der Waals surface area contributed by atoms with Crippen molar-refractivity contribution >= 4 is 54.0 Å². The number of hydrogen-bond acceptors (Lipinski definition) is 3. The van der Waals surface area contributed by atoms with E-state index in [1.54, 1.807) is 24.3 Å². The first-order chi connectivity index (χ1) is 9.40. The van der Waals surface area contributed by atoms with Crippen molar-refractivity contribution in [1.82, 2.24) is 10.2 Å². The van der Waals surface area contributed by atoms with Crippen LogP contribution in [0.5, 0.6) is 0 Å². The van der Waals surface area contributed by atoms with Crippen LogP contribution in [0, 0.1) is 0 Å². The first kappa shape index (κ1) is 15.6. The molecule has 0 unspecified atom stereocenters. The number of nitrogens with zero attached hydrogens (tertiary/aromatic N) is 1. The molecule has 8 heteroatoms. The van der Waals surface area contributed by atoms with E-state index in [9.17, 15) is 8.42 Å². The molecule has 0 bridgehead atoms. The highest BCUT2D eigenvalue weighted by Crippen LogP contribution is 2.23. The molecular formula is C12H9BrCl2N2O2S. The highest BCUT2D eigenvalue weighted by molar-refractivity contribution is 9.10. The zero-order chi connectivity index (χ0) is 14.8. The fraction of sp³-hybridized carbons (Fsp3) is 0.0833. The Kier molecular flexibility index (Phi) is 4.90. The summed E-state index contributed by atoms with van der Waals surface area (Å²) < 4.78 is 24.5. The molecule has 0 spiro atoms. The van der Waals surface area contributed by atoms with Gasteiger partial charge < -0.3 is 0 Å². The van der Waals surface area contributed by atoms with Crippen LogP contribution in [0.25, 0.3) is 5.03 Å². The number of H-pyrrole nitrogens is 1. The van der Waals surface area contributed by atoms with Crippen molar-refractivity contribution in [2.45, 2.75) is 5.03 Å². The molecule has 0 atom stereocenters. The van der Waals surface area contributed by atoms with Crippen LogP contribution in [0.2, 0.25) is 5.02 Å². The maximum absolute atomic E-state index is 12.1. The second-order valence-electron chi connectivity index (χ2n) is 3.88. The van der Waals surface area contributed by atoms with Gasteiger partial charge in [0, 0.05) is 16.3 Å². The predicted octanol–water partition coefficient (Wildman–Crippen LogP) is 3.88. The highest BCUT2D eigenvalue weighted by atomic mass is 79.9. The first-order valence-electron chi connectivity index (χ1n) is 5.44. The Balaban J connectivity index is 2.20. The van der Waals surface area contributed by atoms with Gasteiger partial charge in [-0.3, -0.25) is 5.10 Å². The monoisotopic (exact) mass is 394 g/mol. The number of aromatic amines is 1. The fourth-order valence-corrected chi connectivity index (χ4v) is 3.91. The van der Waals surface area contributed by atoms with Crippen molar-refractivity contribution in [3.05, 3.63) is 51.6 Å². The third-order valence-electron chi connectivity index (χ3n) is 2.46. The summed E-state index contributed by atoms with van der Waals surface area (Å²) in [6, 6.07) is 6.81. The number of benzene rings is 1. The summed E-state index contributed by atoms with van der Waals surface area (Å²) in [6.07, 6.45) is 2.89. The molecule has 1 N–H and O–H groups in total. The van der Waals surface area contributed by atoms with E-state index in [4.69, 9.17) is 23.2 Å². The van der Waals surface area contributed by atoms with Crippen LogP contribution in [0.3, 0.4) is 0 Å². The minimum atomic E-state index is -3.53. The lowest BCUT2D eigenvalue weighted by Crippen LogP contribution is -2.06. The Hall–Kier alpha value is -0.820. The minimum Gasteiger partial charge on any atom is -0.283 e. The van der Waals surface area contributed by atoms with Gasteiger partial charge in [0.2, 0.25) is 9.84 Å². The zero-order valence-electron chi connectivity index (χ0n) is 9.98. The number of sulfone groups is 1. The highest BCUT2D eigenvalue weighted by Gasteiger charge is 2.19. The first-order valence-corrected chi connectivity index (χ1v) is 8.64. The number of hydrogen-bond donors (Lipinski definition) is 1. The molecule has 0 saturated carbocycles. The third kappa shape index (κ3) is 3.63. The Morgan fingerprint density at radius 1 is 1.35 bits per heavy atom. The van der Waals surface area contributed by atoms with Crippen LogP contribution in [0.15, 0.2) is 46.0 Å². The normalized spacial score (nSPS) is 12.7. The van der Waals surface area contributed by atoms with Gasteiger partial charge in [0.15, 0.2) is 5.03 Å². The summed E-state index contributed by atoms with van der Waals surface area (Å²) >= 11 is 15.0. The van der Waals surface area contributed by atoms with Gasteiger partial charge in [-0.25, -0.2) is 8.42 Å². The summed E-state index contributed by atoms with van der Waals surface area (Å²) in [6.45, 7) is 0. The Morgan fingerprint density at radius 2 is 2.00 bits per heavy atom. The van der Waals surface area contributed by atoms with Gasteiger partial charge in [0.25, 0.3) is 0 Å². The molecule has 1 aromatic heterocycles. The molecule has 0 fully saturated rings. The van der Waals surface area contributed by atoms with E-state index in [0.29, 0.717) is 20.1 Å². The van der Waals surface area contributed by atoms with Crippen LogP contribution in [0.4, 0.5) is 0 Å². The van der Waals surface area contributed by atoms with E-state index in [-0.39, 0.29) is 10.8 Å². The zero-order valence-corrected chi connectivity index (χ0v) is 13.9. The quantitative estimate of drug-likeness (QED) is 0.854. The van der Waals surface area contributed by atoms with Crippen LogP contribution in [0.1, 0.15) is 5.56 Å². The van der Waals surface area contributed by atoms with Crippen molar-refractivity contribution in [1.29, 1.82) is 0 Å². The summed E-state index contributed by atoms with van der Waals surface area (Å²) in [7, 11) is -3.53. The molecule has 0 radical (unpaired) electrons. The van der Waals surface area contributed by atoms with Gasteiger partial charge in [-0.1, -0.05) is 35.3 Å². The summed E-state index contributed by atoms with van der Waals surface area (Å²) in [4.78, 5) is 0. The summed E-state index contributed by atoms with van der Waals surface area (Å²) in [5.41, 5.74) is 0.701. The molecule has 2 aromatic rings. The number of halogens is 3. The van der Waals surface area contributed by atoms with Gasteiger partial charge in [-0.15, -0.1) is 0 Å². The molecule has 0 amide bonds. The van der Waals surface area contributed by atoms with Gasteiger partial charge in [0.05, 0.1) is 10.2 Å². The Labute approximate surface area is 134 Å². The molecule has 0 aliphatic rings. The van der Waals surface area contributed by atoms with E-state index in [1.165, 1.54) is 12.3 Å². The maximum atomic E-state index is 12.1. The van der Waals surface area contributed by atoms with E-state index in [1.807, 2.05) is 0 Å².